The molecule has 1 atom stereocenters. The lowest BCUT2D eigenvalue weighted by molar-refractivity contribution is -0.136. The number of ether oxygens (including phenoxy) is 1. The lowest BCUT2D eigenvalue weighted by Crippen LogP contribution is -2.43. The first-order valence-corrected chi connectivity index (χ1v) is 11.5. The van der Waals surface area contributed by atoms with Crippen molar-refractivity contribution in [3.63, 3.8) is 0 Å². The van der Waals surface area contributed by atoms with Crippen LogP contribution < -0.4 is 4.74 Å². The molecule has 7 heteroatoms. The summed E-state index contributed by atoms with van der Waals surface area (Å²) in [5, 5.41) is 0. The van der Waals surface area contributed by atoms with Crippen LogP contribution in [0.4, 0.5) is 4.39 Å². The van der Waals surface area contributed by atoms with Gasteiger partial charge in [0.15, 0.2) is 16.4 Å². The molecule has 1 aliphatic heterocycles. The molecule has 0 aliphatic carbocycles. The molecule has 156 valence electrons. The number of benzene rings is 2. The lowest BCUT2D eigenvalue weighted by atomic mass is 10.0. The van der Waals surface area contributed by atoms with E-state index in [0.29, 0.717) is 23.7 Å². The Morgan fingerprint density at radius 3 is 2.52 bits per heavy atom. The van der Waals surface area contributed by atoms with Crippen LogP contribution in [-0.2, 0) is 21.2 Å². The fraction of sp³-hybridized carbons (Fsp3) is 0.409. The molecular weight excluding hydrogens is 393 g/mol. The highest BCUT2D eigenvalue weighted by atomic mass is 32.2. The fourth-order valence-corrected chi connectivity index (χ4v) is 5.18. The third-order valence-corrected chi connectivity index (χ3v) is 6.87. The maximum Gasteiger partial charge on any atom is 0.261 e. The van der Waals surface area contributed by atoms with Crippen LogP contribution in [0.15, 0.2) is 48.5 Å². The molecule has 0 aromatic heterocycles. The van der Waals surface area contributed by atoms with E-state index in [2.05, 4.69) is 13.8 Å². The maximum absolute atomic E-state index is 13.6. The van der Waals surface area contributed by atoms with Gasteiger partial charge in [0.25, 0.3) is 5.91 Å². The Bertz CT molecular complexity index is 957. The first-order chi connectivity index (χ1) is 13.7. The smallest absolute Gasteiger partial charge is 0.261 e. The summed E-state index contributed by atoms with van der Waals surface area (Å²) in [4.78, 5) is 14.4. The number of sulfone groups is 1. The summed E-state index contributed by atoms with van der Waals surface area (Å²) in [5.41, 5.74) is 1.79. The molecule has 0 bridgehead atoms. The number of carbonyl (C=O) groups excluding carboxylic acids is 1. The largest absolute Gasteiger partial charge is 0.484 e. The first kappa shape index (κ1) is 21.3. The molecule has 0 N–H and O–H groups in total. The third-order valence-electron chi connectivity index (χ3n) is 5.12. The number of hydrogen-bond donors (Lipinski definition) is 0. The van der Waals surface area contributed by atoms with Crippen LogP contribution >= 0.6 is 0 Å². The van der Waals surface area contributed by atoms with Gasteiger partial charge in [-0.1, -0.05) is 38.1 Å². The van der Waals surface area contributed by atoms with E-state index in [1.807, 2.05) is 24.3 Å². The molecule has 0 radical (unpaired) electrons. The normalized spacial score (nSPS) is 18.0. The minimum Gasteiger partial charge on any atom is -0.484 e. The molecular formula is C22H26FNO4S. The van der Waals surface area contributed by atoms with E-state index in [-0.39, 0.29) is 30.6 Å². The summed E-state index contributed by atoms with van der Waals surface area (Å²) in [5.74, 6) is 0.253. The van der Waals surface area contributed by atoms with E-state index < -0.39 is 21.7 Å². The minimum absolute atomic E-state index is 0.0577. The van der Waals surface area contributed by atoms with Crippen molar-refractivity contribution < 1.29 is 22.3 Å². The zero-order valence-electron chi connectivity index (χ0n) is 16.7. The summed E-state index contributed by atoms with van der Waals surface area (Å²) in [7, 11) is -3.16. The molecule has 29 heavy (non-hydrogen) atoms. The molecule has 3 rings (SSSR count). The van der Waals surface area contributed by atoms with Crippen LogP contribution in [0.1, 0.15) is 37.3 Å². The molecule has 1 heterocycles. The maximum atomic E-state index is 13.6. The van der Waals surface area contributed by atoms with Gasteiger partial charge >= 0.3 is 0 Å². The SMILES string of the molecule is CC(C)c1ccc(OCC(=O)N(Cc2cccc(F)c2)[C@H]2CCS(=O)(=O)C2)cc1. The number of halogens is 1. The van der Waals surface area contributed by atoms with Crippen molar-refractivity contribution in [1.29, 1.82) is 0 Å². The summed E-state index contributed by atoms with van der Waals surface area (Å²) in [6, 6.07) is 13.1. The van der Waals surface area contributed by atoms with Gasteiger partial charge in [-0.05, 0) is 47.7 Å². The Balaban J connectivity index is 1.71. The fourth-order valence-electron chi connectivity index (χ4n) is 3.45. The molecule has 1 amide bonds. The van der Waals surface area contributed by atoms with Crippen LogP contribution in [0.5, 0.6) is 5.75 Å². The summed E-state index contributed by atoms with van der Waals surface area (Å²) in [6.07, 6.45) is 0.381. The highest BCUT2D eigenvalue weighted by Crippen LogP contribution is 2.22. The first-order valence-electron chi connectivity index (χ1n) is 9.70. The van der Waals surface area contributed by atoms with Gasteiger partial charge in [0.1, 0.15) is 11.6 Å². The van der Waals surface area contributed by atoms with Gasteiger partial charge in [-0.15, -0.1) is 0 Å². The zero-order valence-corrected chi connectivity index (χ0v) is 17.5. The van der Waals surface area contributed by atoms with Crippen LogP contribution in [-0.4, -0.2) is 43.4 Å². The van der Waals surface area contributed by atoms with Crippen LogP contribution in [0, 0.1) is 5.82 Å². The van der Waals surface area contributed by atoms with E-state index in [1.165, 1.54) is 22.6 Å². The van der Waals surface area contributed by atoms with Gasteiger partial charge in [0.2, 0.25) is 0 Å². The van der Waals surface area contributed by atoms with Crippen molar-refractivity contribution in [3.8, 4) is 5.75 Å². The van der Waals surface area contributed by atoms with Gasteiger partial charge in [0, 0.05) is 12.6 Å². The number of amides is 1. The van der Waals surface area contributed by atoms with Crippen LogP contribution in [0.25, 0.3) is 0 Å². The Morgan fingerprint density at radius 1 is 1.21 bits per heavy atom. The number of nitrogens with zero attached hydrogens (tertiary/aromatic N) is 1. The number of rotatable bonds is 7. The number of hydrogen-bond acceptors (Lipinski definition) is 4. The van der Waals surface area contributed by atoms with E-state index >= 15 is 0 Å². The minimum atomic E-state index is -3.16. The molecule has 1 aliphatic rings. The van der Waals surface area contributed by atoms with Crippen molar-refractivity contribution in [2.75, 3.05) is 18.1 Å². The van der Waals surface area contributed by atoms with Crippen LogP contribution in [0.2, 0.25) is 0 Å². The molecule has 0 spiro atoms. The van der Waals surface area contributed by atoms with E-state index in [9.17, 15) is 17.6 Å². The van der Waals surface area contributed by atoms with Crippen LogP contribution in [0.3, 0.4) is 0 Å². The highest BCUT2D eigenvalue weighted by molar-refractivity contribution is 7.91. The molecule has 1 saturated heterocycles. The van der Waals surface area contributed by atoms with E-state index in [1.54, 1.807) is 12.1 Å². The molecule has 0 saturated carbocycles. The van der Waals surface area contributed by atoms with Gasteiger partial charge in [-0.25, -0.2) is 12.8 Å². The Kier molecular flexibility index (Phi) is 6.57. The van der Waals surface area contributed by atoms with E-state index in [4.69, 9.17) is 4.74 Å². The predicted octanol–water partition coefficient (Wildman–Crippen LogP) is 3.54. The van der Waals surface area contributed by atoms with Crippen molar-refractivity contribution in [2.45, 2.75) is 38.8 Å². The summed E-state index contributed by atoms with van der Waals surface area (Å²) < 4.78 is 43.0. The lowest BCUT2D eigenvalue weighted by Gasteiger charge is -2.28. The second-order valence-electron chi connectivity index (χ2n) is 7.72. The van der Waals surface area contributed by atoms with Crippen molar-refractivity contribution in [2.24, 2.45) is 0 Å². The van der Waals surface area contributed by atoms with Crippen molar-refractivity contribution in [1.82, 2.24) is 4.90 Å². The molecule has 2 aromatic rings. The Morgan fingerprint density at radius 2 is 1.93 bits per heavy atom. The standard InChI is InChI=1S/C22H26FNO4S/c1-16(2)18-6-8-21(9-7-18)28-14-22(25)24(20-10-11-29(26,27)15-20)13-17-4-3-5-19(23)12-17/h3-9,12,16,20H,10-11,13-15H2,1-2H3/t20-/m0/s1. The molecule has 1 fully saturated rings. The molecule has 0 unspecified atom stereocenters. The average Bonchev–Trinajstić information content (AvgIpc) is 3.04. The zero-order chi connectivity index (χ0) is 21.0. The average molecular weight is 420 g/mol. The van der Waals surface area contributed by atoms with E-state index in [0.717, 1.165) is 0 Å². The van der Waals surface area contributed by atoms with Gasteiger partial charge in [0.05, 0.1) is 11.5 Å². The summed E-state index contributed by atoms with van der Waals surface area (Å²) in [6.45, 7) is 4.14. The number of carbonyl (C=O) groups is 1. The molecule has 2 aromatic carbocycles. The predicted molar refractivity (Wildman–Crippen MR) is 110 cm³/mol. The topological polar surface area (TPSA) is 63.7 Å². The third kappa shape index (κ3) is 5.79. The molecule has 5 nitrogen and oxygen atoms in total. The van der Waals surface area contributed by atoms with Crippen molar-refractivity contribution >= 4 is 15.7 Å². The van der Waals surface area contributed by atoms with Gasteiger partial charge < -0.3 is 9.64 Å². The van der Waals surface area contributed by atoms with Gasteiger partial charge in [-0.2, -0.15) is 0 Å². The Hall–Kier alpha value is -2.41. The second kappa shape index (κ2) is 8.95. The Labute approximate surface area is 171 Å². The van der Waals surface area contributed by atoms with Gasteiger partial charge in [-0.3, -0.25) is 4.79 Å². The summed E-state index contributed by atoms with van der Waals surface area (Å²) >= 11 is 0. The highest BCUT2D eigenvalue weighted by Gasteiger charge is 2.34. The monoisotopic (exact) mass is 419 g/mol. The quantitative estimate of drug-likeness (QED) is 0.689. The second-order valence-corrected chi connectivity index (χ2v) is 9.95. The van der Waals surface area contributed by atoms with Crippen molar-refractivity contribution in [3.05, 3.63) is 65.5 Å².